The molecule has 2 heterocycles. The Kier molecular flexibility index (Phi) is 12.3. The largest absolute Gasteiger partial charge is 0.309 e. The molecule has 0 N–H and O–H groups in total. The van der Waals surface area contributed by atoms with Crippen molar-refractivity contribution in [3.8, 4) is 55.9 Å². The zero-order valence-electron chi connectivity index (χ0n) is 59.7. The Morgan fingerprint density at radius 1 is 0.118 bits per heavy atom. The Hall–Kier alpha value is -14.4. The van der Waals surface area contributed by atoms with Crippen LogP contribution in [0.5, 0.6) is 0 Å². The van der Waals surface area contributed by atoms with Crippen molar-refractivity contribution in [1.82, 2.24) is 9.13 Å². The molecule has 504 valence electrons. The first kappa shape index (κ1) is 59.8. The van der Waals surface area contributed by atoms with Crippen molar-refractivity contribution in [3.05, 3.63) is 376 Å². The van der Waals surface area contributed by atoms with Crippen molar-refractivity contribution in [2.75, 3.05) is 0 Å². The molecule has 24 aromatic carbocycles. The van der Waals surface area contributed by atoms with E-state index in [0.717, 1.165) is 0 Å². The van der Waals surface area contributed by atoms with Gasteiger partial charge in [0.25, 0.3) is 0 Å². The fourth-order valence-corrected chi connectivity index (χ4v) is 20.8. The summed E-state index contributed by atoms with van der Waals surface area (Å²) in [5, 5.41) is 42.2. The zero-order valence-corrected chi connectivity index (χ0v) is 59.7. The van der Waals surface area contributed by atoms with E-state index < -0.39 is 0 Å². The highest BCUT2D eigenvalue weighted by Crippen LogP contribution is 2.59. The number of rotatable bonds is 6. The van der Waals surface area contributed by atoms with Crippen molar-refractivity contribution < 1.29 is 0 Å². The quantitative estimate of drug-likeness (QED) is 0.147. The Morgan fingerprint density at radius 2 is 0.364 bits per heavy atom. The third kappa shape index (κ3) is 7.95. The number of aromatic nitrogens is 2. The van der Waals surface area contributed by atoms with Crippen LogP contribution in [-0.2, 0) is 0 Å². The van der Waals surface area contributed by atoms with Crippen molar-refractivity contribution in [2.24, 2.45) is 0 Å². The summed E-state index contributed by atoms with van der Waals surface area (Å²) in [6.07, 6.45) is 0. The van der Waals surface area contributed by atoms with Gasteiger partial charge in [-0.2, -0.15) is 0 Å². The normalized spacial score (nSPS) is 12.4. The van der Waals surface area contributed by atoms with Crippen LogP contribution in [0.4, 0.5) is 0 Å². The third-order valence-electron chi connectivity index (χ3n) is 24.8. The van der Waals surface area contributed by atoms with Crippen LogP contribution in [0.25, 0.3) is 250 Å². The van der Waals surface area contributed by atoms with Crippen LogP contribution in [0.3, 0.4) is 0 Å². The van der Waals surface area contributed by atoms with Crippen LogP contribution in [-0.4, -0.2) is 9.13 Å². The molecule has 0 aliphatic rings. The van der Waals surface area contributed by atoms with Crippen molar-refractivity contribution in [2.45, 2.75) is 0 Å². The van der Waals surface area contributed by atoms with Crippen LogP contribution < -0.4 is 0 Å². The summed E-state index contributed by atoms with van der Waals surface area (Å²) >= 11 is 0. The molecule has 2 heteroatoms. The molecule has 0 aliphatic heterocycles. The molecule has 0 amide bonds. The van der Waals surface area contributed by atoms with E-state index in [9.17, 15) is 0 Å². The van der Waals surface area contributed by atoms with Gasteiger partial charge in [-0.05, 0) is 256 Å². The number of nitrogens with zero attached hydrogens (tertiary/aromatic N) is 2. The molecule has 0 fully saturated rings. The standard InChI is InChI=1S/2C54H31N/c1-4-16-32(17-5-1)47-43-30-42-36-23-11-10-22-35(36)37-25-14-27-40(49(37)42)52(43)48(33-18-6-2-7-19-33)53-41-28-15-26-39-50(41)44(54(47)53)31-46-51(39)38-24-12-13-29-45(38)55(46)34-20-8-3-9-21-34;1-4-16-32(17-5-1)47-43-30-42-36-23-11-10-22-35(36)37-25-14-27-40(49(37)42)52(43)48(33-18-6-2-7-19-33)54-44-31-46-51(39-26-15-28-41(50(39)44)53(47)54)38-24-12-13-29-45(38)55(46)34-20-8-3-9-21-34/h2*1-31H. The molecule has 0 radical (unpaired) electrons. The molecule has 2 nitrogen and oxygen atoms in total. The predicted octanol–water partition coefficient (Wildman–Crippen LogP) is 30.1. The molecule has 26 rings (SSSR count). The number of hydrogen-bond acceptors (Lipinski definition) is 0. The van der Waals surface area contributed by atoms with Crippen LogP contribution in [0.1, 0.15) is 0 Å². The van der Waals surface area contributed by atoms with Gasteiger partial charge in [-0.25, -0.2) is 0 Å². The molecule has 110 heavy (non-hydrogen) atoms. The van der Waals surface area contributed by atoms with E-state index in [-0.39, 0.29) is 0 Å². The molecule has 0 atom stereocenters. The summed E-state index contributed by atoms with van der Waals surface area (Å²) in [7, 11) is 0. The van der Waals surface area contributed by atoms with Crippen molar-refractivity contribution in [1.29, 1.82) is 0 Å². The minimum absolute atomic E-state index is 1.17. The average Bonchev–Trinajstić information content (AvgIpc) is 1.51. The number of benzene rings is 20. The van der Waals surface area contributed by atoms with Gasteiger partial charge in [-0.3, -0.25) is 0 Å². The maximum Gasteiger partial charge on any atom is 0.0553 e. The van der Waals surface area contributed by atoms with E-state index in [0.29, 0.717) is 0 Å². The molecule has 0 saturated carbocycles. The van der Waals surface area contributed by atoms with E-state index >= 15 is 0 Å². The summed E-state index contributed by atoms with van der Waals surface area (Å²) < 4.78 is 4.94. The number of fused-ring (bicyclic) bond motifs is 24. The lowest BCUT2D eigenvalue weighted by atomic mass is 9.84. The van der Waals surface area contributed by atoms with Gasteiger partial charge in [-0.1, -0.05) is 315 Å². The summed E-state index contributed by atoms with van der Waals surface area (Å²) in [4.78, 5) is 0. The topological polar surface area (TPSA) is 9.86 Å². The van der Waals surface area contributed by atoms with Crippen LogP contribution in [0.15, 0.2) is 376 Å². The molecule has 0 unspecified atom stereocenters. The molecule has 0 bridgehead atoms. The third-order valence-corrected chi connectivity index (χ3v) is 24.8. The first-order chi connectivity index (χ1) is 54.7. The fourth-order valence-electron chi connectivity index (χ4n) is 20.8. The first-order valence-electron chi connectivity index (χ1n) is 38.4. The summed E-state index contributed by atoms with van der Waals surface area (Å²) in [6.45, 7) is 0. The molecule has 26 aromatic rings. The van der Waals surface area contributed by atoms with Crippen molar-refractivity contribution >= 4 is 194 Å². The zero-order chi connectivity index (χ0) is 71.6. The maximum absolute atomic E-state index is 2.53. The highest BCUT2D eigenvalue weighted by atomic mass is 15.0. The summed E-state index contributed by atoms with van der Waals surface area (Å²) in [6, 6.07) is 140. The smallest absolute Gasteiger partial charge is 0.0553 e. The Bertz CT molecular complexity index is 8290. The molecule has 0 aliphatic carbocycles. The van der Waals surface area contributed by atoms with Crippen LogP contribution >= 0.6 is 0 Å². The lowest BCUT2D eigenvalue weighted by Crippen LogP contribution is -1.93. The molecular formula is C108H62N2. The first-order valence-corrected chi connectivity index (χ1v) is 38.4. The summed E-state index contributed by atoms with van der Waals surface area (Å²) in [5.74, 6) is 0. The highest BCUT2D eigenvalue weighted by molar-refractivity contribution is 6.49. The predicted molar refractivity (Wildman–Crippen MR) is 473 cm³/mol. The second kappa shape index (κ2) is 22.6. The number of para-hydroxylation sites is 4. The van der Waals surface area contributed by atoms with Crippen LogP contribution in [0, 0.1) is 0 Å². The van der Waals surface area contributed by atoms with Crippen LogP contribution in [0.2, 0.25) is 0 Å². The molecule has 0 saturated heterocycles. The monoisotopic (exact) mass is 1390 g/mol. The van der Waals surface area contributed by atoms with E-state index in [4.69, 9.17) is 0 Å². The SMILES string of the molecule is c1ccc(-c2c3cc4c5ccccc5c5cccc(c3c(-c3ccccc3)c3c6cc7c(c8cccc(c23)c68)c2ccccc2n7-c2ccccc2)c54)cc1.c1ccc(-c2c3cc4c5ccccc5c5cccc(c3c(-c3ccccc3)c3c6cccc7c6c(cc6c7c7ccccc7n6-c6ccccc6)c23)c54)cc1. The van der Waals surface area contributed by atoms with E-state index in [1.54, 1.807) is 0 Å². The summed E-state index contributed by atoms with van der Waals surface area (Å²) in [5.41, 5.74) is 17.5. The second-order valence-electron chi connectivity index (χ2n) is 30.2. The van der Waals surface area contributed by atoms with Gasteiger partial charge in [0.05, 0.1) is 22.1 Å². The van der Waals surface area contributed by atoms with Gasteiger partial charge < -0.3 is 9.13 Å². The fraction of sp³-hybridized carbons (Fsp3) is 0. The lowest BCUT2D eigenvalue weighted by Gasteiger charge is -2.19. The minimum atomic E-state index is 1.17. The van der Waals surface area contributed by atoms with Crippen molar-refractivity contribution in [3.63, 3.8) is 0 Å². The Labute approximate surface area is 631 Å². The second-order valence-corrected chi connectivity index (χ2v) is 30.2. The molecule has 0 spiro atoms. The number of hydrogen-bond donors (Lipinski definition) is 0. The van der Waals surface area contributed by atoms with E-state index in [2.05, 4.69) is 385 Å². The van der Waals surface area contributed by atoms with Gasteiger partial charge in [0.2, 0.25) is 0 Å². The molecular weight excluding hydrogens is 1330 g/mol. The van der Waals surface area contributed by atoms with Gasteiger partial charge in [0.15, 0.2) is 0 Å². The highest BCUT2D eigenvalue weighted by Gasteiger charge is 2.32. The Balaban J connectivity index is 0.000000126. The van der Waals surface area contributed by atoms with Gasteiger partial charge in [0, 0.05) is 32.9 Å². The van der Waals surface area contributed by atoms with E-state index in [1.165, 1.54) is 250 Å². The Morgan fingerprint density at radius 3 is 0.736 bits per heavy atom. The maximum atomic E-state index is 2.53. The minimum Gasteiger partial charge on any atom is -0.309 e. The lowest BCUT2D eigenvalue weighted by molar-refractivity contribution is 1.18. The van der Waals surface area contributed by atoms with Gasteiger partial charge >= 0.3 is 0 Å². The average molecular weight is 1390 g/mol. The van der Waals surface area contributed by atoms with E-state index in [1.807, 2.05) is 0 Å². The van der Waals surface area contributed by atoms with Gasteiger partial charge in [0.1, 0.15) is 0 Å². The van der Waals surface area contributed by atoms with Gasteiger partial charge in [-0.15, -0.1) is 0 Å². The molecule has 2 aromatic heterocycles.